The SMILES string of the molecule is COCC(O)CCNCc1ccccc1Cl. The van der Waals surface area contributed by atoms with E-state index in [1.807, 2.05) is 24.3 Å². The summed E-state index contributed by atoms with van der Waals surface area (Å²) in [5.74, 6) is 0. The monoisotopic (exact) mass is 243 g/mol. The number of rotatable bonds is 7. The van der Waals surface area contributed by atoms with E-state index in [9.17, 15) is 5.11 Å². The number of aliphatic hydroxyl groups is 1. The third-order valence-electron chi connectivity index (χ3n) is 2.29. The van der Waals surface area contributed by atoms with E-state index >= 15 is 0 Å². The van der Waals surface area contributed by atoms with Gasteiger partial charge < -0.3 is 15.2 Å². The molecule has 0 aliphatic heterocycles. The first-order valence-corrected chi connectivity index (χ1v) is 5.73. The molecule has 4 heteroatoms. The zero-order chi connectivity index (χ0) is 11.8. The maximum absolute atomic E-state index is 9.41. The lowest BCUT2D eigenvalue weighted by Crippen LogP contribution is -2.23. The molecule has 0 amide bonds. The Balaban J connectivity index is 2.19. The third-order valence-corrected chi connectivity index (χ3v) is 2.66. The Labute approximate surface area is 101 Å². The molecular weight excluding hydrogens is 226 g/mol. The van der Waals surface area contributed by atoms with Crippen LogP contribution in [0.2, 0.25) is 5.02 Å². The summed E-state index contributed by atoms with van der Waals surface area (Å²) in [4.78, 5) is 0. The van der Waals surface area contributed by atoms with E-state index in [0.717, 1.165) is 23.7 Å². The lowest BCUT2D eigenvalue weighted by Gasteiger charge is -2.10. The van der Waals surface area contributed by atoms with Gasteiger partial charge in [0.15, 0.2) is 0 Å². The van der Waals surface area contributed by atoms with E-state index in [1.165, 1.54) is 0 Å². The van der Waals surface area contributed by atoms with Crippen LogP contribution < -0.4 is 5.32 Å². The molecule has 0 radical (unpaired) electrons. The zero-order valence-electron chi connectivity index (χ0n) is 9.45. The maximum atomic E-state index is 9.41. The number of hydrogen-bond acceptors (Lipinski definition) is 3. The Hall–Kier alpha value is -0.610. The number of ether oxygens (including phenoxy) is 1. The molecule has 0 saturated heterocycles. The van der Waals surface area contributed by atoms with Crippen molar-refractivity contribution < 1.29 is 9.84 Å². The minimum absolute atomic E-state index is 0.383. The molecule has 2 N–H and O–H groups in total. The topological polar surface area (TPSA) is 41.5 Å². The van der Waals surface area contributed by atoms with Crippen LogP contribution in [0.25, 0.3) is 0 Å². The highest BCUT2D eigenvalue weighted by atomic mass is 35.5. The average Bonchev–Trinajstić information content (AvgIpc) is 2.27. The van der Waals surface area contributed by atoms with Crippen molar-refractivity contribution in [1.82, 2.24) is 5.32 Å². The van der Waals surface area contributed by atoms with Gasteiger partial charge in [0.1, 0.15) is 0 Å². The van der Waals surface area contributed by atoms with E-state index < -0.39 is 6.10 Å². The number of hydrogen-bond donors (Lipinski definition) is 2. The Morgan fingerprint density at radius 1 is 1.44 bits per heavy atom. The molecule has 0 fully saturated rings. The van der Waals surface area contributed by atoms with Crippen molar-refractivity contribution in [3.8, 4) is 0 Å². The van der Waals surface area contributed by atoms with Gasteiger partial charge in [-0.3, -0.25) is 0 Å². The predicted molar refractivity (Wildman–Crippen MR) is 65.7 cm³/mol. The first-order chi connectivity index (χ1) is 7.74. The van der Waals surface area contributed by atoms with Gasteiger partial charge in [0.2, 0.25) is 0 Å². The third kappa shape index (κ3) is 4.94. The van der Waals surface area contributed by atoms with Gasteiger partial charge in [-0.15, -0.1) is 0 Å². The number of aliphatic hydroxyl groups excluding tert-OH is 1. The Bertz CT molecular complexity index is 307. The molecule has 16 heavy (non-hydrogen) atoms. The van der Waals surface area contributed by atoms with E-state index in [4.69, 9.17) is 16.3 Å². The van der Waals surface area contributed by atoms with Crippen molar-refractivity contribution >= 4 is 11.6 Å². The van der Waals surface area contributed by atoms with Crippen molar-refractivity contribution in [1.29, 1.82) is 0 Å². The van der Waals surface area contributed by atoms with Gasteiger partial charge in [-0.25, -0.2) is 0 Å². The molecule has 3 nitrogen and oxygen atoms in total. The molecule has 0 saturated carbocycles. The van der Waals surface area contributed by atoms with Crippen LogP contribution in [0.1, 0.15) is 12.0 Å². The summed E-state index contributed by atoms with van der Waals surface area (Å²) >= 11 is 6.01. The summed E-state index contributed by atoms with van der Waals surface area (Å²) in [6.45, 7) is 1.85. The molecule has 0 aromatic heterocycles. The summed E-state index contributed by atoms with van der Waals surface area (Å²) in [6.07, 6.45) is 0.280. The van der Waals surface area contributed by atoms with E-state index in [0.29, 0.717) is 13.0 Å². The van der Waals surface area contributed by atoms with Crippen LogP contribution in [0, 0.1) is 0 Å². The van der Waals surface area contributed by atoms with E-state index in [1.54, 1.807) is 7.11 Å². The van der Waals surface area contributed by atoms with Gasteiger partial charge in [0.25, 0.3) is 0 Å². The summed E-state index contributed by atoms with van der Waals surface area (Å²) in [5, 5.41) is 13.4. The van der Waals surface area contributed by atoms with Gasteiger partial charge in [-0.1, -0.05) is 29.8 Å². The second kappa shape index (κ2) is 7.63. The Morgan fingerprint density at radius 3 is 2.88 bits per heavy atom. The molecule has 1 unspecified atom stereocenters. The van der Waals surface area contributed by atoms with Crippen molar-refractivity contribution in [3.63, 3.8) is 0 Å². The highest BCUT2D eigenvalue weighted by Gasteiger charge is 2.03. The first-order valence-electron chi connectivity index (χ1n) is 5.35. The fraction of sp³-hybridized carbons (Fsp3) is 0.500. The molecule has 0 bridgehead atoms. The average molecular weight is 244 g/mol. The van der Waals surface area contributed by atoms with Crippen molar-refractivity contribution in [2.24, 2.45) is 0 Å². The number of nitrogens with one attached hydrogen (secondary N) is 1. The molecule has 0 aliphatic rings. The van der Waals surface area contributed by atoms with E-state index in [2.05, 4.69) is 5.32 Å². The van der Waals surface area contributed by atoms with Crippen LogP contribution in [0.4, 0.5) is 0 Å². The van der Waals surface area contributed by atoms with Crippen LogP contribution in [0.3, 0.4) is 0 Å². The second-order valence-electron chi connectivity index (χ2n) is 3.67. The fourth-order valence-electron chi connectivity index (χ4n) is 1.41. The van der Waals surface area contributed by atoms with Gasteiger partial charge >= 0.3 is 0 Å². The molecule has 1 rings (SSSR count). The molecule has 0 spiro atoms. The summed E-state index contributed by atoms with van der Waals surface area (Å²) in [7, 11) is 1.58. The summed E-state index contributed by atoms with van der Waals surface area (Å²) < 4.78 is 4.84. The Morgan fingerprint density at radius 2 is 2.19 bits per heavy atom. The van der Waals surface area contributed by atoms with E-state index in [-0.39, 0.29) is 0 Å². The fourth-order valence-corrected chi connectivity index (χ4v) is 1.61. The summed E-state index contributed by atoms with van der Waals surface area (Å²) in [6, 6.07) is 7.73. The highest BCUT2D eigenvalue weighted by Crippen LogP contribution is 2.14. The minimum Gasteiger partial charge on any atom is -0.391 e. The van der Waals surface area contributed by atoms with Crippen LogP contribution >= 0.6 is 11.6 Å². The molecule has 0 heterocycles. The van der Waals surface area contributed by atoms with Gasteiger partial charge in [0.05, 0.1) is 12.7 Å². The van der Waals surface area contributed by atoms with Crippen LogP contribution in [0.15, 0.2) is 24.3 Å². The molecule has 0 aliphatic carbocycles. The minimum atomic E-state index is -0.399. The molecule has 1 atom stereocenters. The molecule has 1 aromatic rings. The first kappa shape index (κ1) is 13.5. The van der Waals surface area contributed by atoms with Gasteiger partial charge in [-0.05, 0) is 24.6 Å². The molecule has 90 valence electrons. The van der Waals surface area contributed by atoms with Gasteiger partial charge in [-0.2, -0.15) is 0 Å². The van der Waals surface area contributed by atoms with Crippen LogP contribution in [-0.4, -0.2) is 31.5 Å². The highest BCUT2D eigenvalue weighted by molar-refractivity contribution is 6.31. The zero-order valence-corrected chi connectivity index (χ0v) is 10.2. The predicted octanol–water partition coefficient (Wildman–Crippen LogP) is 1.83. The normalized spacial score (nSPS) is 12.7. The number of benzene rings is 1. The Kier molecular flexibility index (Phi) is 6.42. The number of halogens is 1. The number of methoxy groups -OCH3 is 1. The van der Waals surface area contributed by atoms with Crippen LogP contribution in [0.5, 0.6) is 0 Å². The second-order valence-corrected chi connectivity index (χ2v) is 4.07. The smallest absolute Gasteiger partial charge is 0.0785 e. The lowest BCUT2D eigenvalue weighted by atomic mass is 10.2. The summed E-state index contributed by atoms with van der Waals surface area (Å²) in [5.41, 5.74) is 1.07. The standard InChI is InChI=1S/C12H18ClNO2/c1-16-9-11(15)6-7-14-8-10-4-2-3-5-12(10)13/h2-5,11,14-15H,6-9H2,1H3. The maximum Gasteiger partial charge on any atom is 0.0785 e. The molecule has 1 aromatic carbocycles. The van der Waals surface area contributed by atoms with Crippen LogP contribution in [-0.2, 0) is 11.3 Å². The van der Waals surface area contributed by atoms with Crippen molar-refractivity contribution in [2.75, 3.05) is 20.3 Å². The van der Waals surface area contributed by atoms with Gasteiger partial charge in [0, 0.05) is 18.7 Å². The quantitative estimate of drug-likeness (QED) is 0.718. The molecular formula is C12H18ClNO2. The van der Waals surface area contributed by atoms with Crippen molar-refractivity contribution in [3.05, 3.63) is 34.9 Å². The van der Waals surface area contributed by atoms with Crippen molar-refractivity contribution in [2.45, 2.75) is 19.1 Å². The lowest BCUT2D eigenvalue weighted by molar-refractivity contribution is 0.0594. The largest absolute Gasteiger partial charge is 0.391 e.